The molecule has 0 aromatic heterocycles. The number of hydrogen-bond donors (Lipinski definition) is 1. The van der Waals surface area contributed by atoms with Gasteiger partial charge in [0.2, 0.25) is 5.91 Å². The van der Waals surface area contributed by atoms with Crippen molar-refractivity contribution < 1.29 is 4.79 Å². The SMILES string of the molecule is C=CCN(CC)C(=O)CC1(CN)CCC1. The molecule has 3 nitrogen and oxygen atoms in total. The summed E-state index contributed by atoms with van der Waals surface area (Å²) in [4.78, 5) is 13.8. The molecule has 0 saturated heterocycles. The molecule has 86 valence electrons. The van der Waals surface area contributed by atoms with E-state index in [9.17, 15) is 4.79 Å². The lowest BCUT2D eigenvalue weighted by molar-refractivity contribution is -0.134. The van der Waals surface area contributed by atoms with Gasteiger partial charge in [-0.2, -0.15) is 0 Å². The Balaban J connectivity index is 2.48. The second-order valence-electron chi connectivity index (χ2n) is 4.46. The number of nitrogens with zero attached hydrogens (tertiary/aromatic N) is 1. The van der Waals surface area contributed by atoms with Crippen molar-refractivity contribution in [1.29, 1.82) is 0 Å². The van der Waals surface area contributed by atoms with Gasteiger partial charge in [-0.25, -0.2) is 0 Å². The van der Waals surface area contributed by atoms with Crippen molar-refractivity contribution >= 4 is 5.91 Å². The van der Waals surface area contributed by atoms with E-state index in [1.807, 2.05) is 11.8 Å². The molecule has 0 atom stereocenters. The first-order valence-electron chi connectivity index (χ1n) is 5.76. The van der Waals surface area contributed by atoms with Crippen LogP contribution in [-0.4, -0.2) is 30.4 Å². The Morgan fingerprint density at radius 3 is 2.60 bits per heavy atom. The number of carbonyl (C=O) groups is 1. The number of carbonyl (C=O) groups excluding carboxylic acids is 1. The summed E-state index contributed by atoms with van der Waals surface area (Å²) in [5.74, 6) is 0.225. The van der Waals surface area contributed by atoms with Crippen LogP contribution >= 0.6 is 0 Å². The van der Waals surface area contributed by atoms with Crippen LogP contribution in [0.2, 0.25) is 0 Å². The van der Waals surface area contributed by atoms with Crippen LogP contribution in [0.5, 0.6) is 0 Å². The van der Waals surface area contributed by atoms with E-state index in [4.69, 9.17) is 5.73 Å². The van der Waals surface area contributed by atoms with E-state index < -0.39 is 0 Å². The first-order chi connectivity index (χ1) is 7.17. The molecule has 0 spiro atoms. The third kappa shape index (κ3) is 2.81. The molecule has 0 bridgehead atoms. The summed E-state index contributed by atoms with van der Waals surface area (Å²) in [6.45, 7) is 7.71. The Labute approximate surface area is 92.3 Å². The van der Waals surface area contributed by atoms with Gasteiger partial charge in [-0.1, -0.05) is 12.5 Å². The Morgan fingerprint density at radius 1 is 1.60 bits per heavy atom. The molecular weight excluding hydrogens is 188 g/mol. The predicted molar refractivity (Wildman–Crippen MR) is 62.4 cm³/mol. The second kappa shape index (κ2) is 5.31. The maximum absolute atomic E-state index is 12.0. The topological polar surface area (TPSA) is 46.3 Å². The van der Waals surface area contributed by atoms with Gasteiger partial charge < -0.3 is 10.6 Å². The van der Waals surface area contributed by atoms with Crippen molar-refractivity contribution in [3.8, 4) is 0 Å². The fourth-order valence-corrected chi connectivity index (χ4v) is 2.13. The average Bonchev–Trinajstić information content (AvgIpc) is 2.19. The van der Waals surface area contributed by atoms with Gasteiger partial charge in [0, 0.05) is 19.5 Å². The fourth-order valence-electron chi connectivity index (χ4n) is 2.13. The first-order valence-corrected chi connectivity index (χ1v) is 5.76. The van der Waals surface area contributed by atoms with Crippen molar-refractivity contribution in [3.05, 3.63) is 12.7 Å². The Hall–Kier alpha value is -0.830. The quantitative estimate of drug-likeness (QED) is 0.676. The molecule has 0 aromatic carbocycles. The summed E-state index contributed by atoms with van der Waals surface area (Å²) in [7, 11) is 0. The van der Waals surface area contributed by atoms with Crippen molar-refractivity contribution in [2.75, 3.05) is 19.6 Å². The molecule has 15 heavy (non-hydrogen) atoms. The predicted octanol–water partition coefficient (Wildman–Crippen LogP) is 1.54. The Kier molecular flexibility index (Phi) is 4.33. The Morgan fingerprint density at radius 2 is 2.27 bits per heavy atom. The number of hydrogen-bond acceptors (Lipinski definition) is 2. The molecule has 1 saturated carbocycles. The minimum atomic E-state index is 0.117. The van der Waals surface area contributed by atoms with Gasteiger partial charge in [0.05, 0.1) is 0 Å². The van der Waals surface area contributed by atoms with Gasteiger partial charge in [-0.05, 0) is 31.7 Å². The average molecular weight is 210 g/mol. The molecule has 1 aliphatic carbocycles. The highest BCUT2D eigenvalue weighted by Gasteiger charge is 2.38. The van der Waals surface area contributed by atoms with Crippen LogP contribution in [0, 0.1) is 5.41 Å². The number of amides is 1. The van der Waals surface area contributed by atoms with Crippen LogP contribution < -0.4 is 5.73 Å². The summed E-state index contributed by atoms with van der Waals surface area (Å²) in [5.41, 5.74) is 5.86. The van der Waals surface area contributed by atoms with E-state index in [2.05, 4.69) is 6.58 Å². The van der Waals surface area contributed by atoms with Gasteiger partial charge >= 0.3 is 0 Å². The van der Waals surface area contributed by atoms with E-state index >= 15 is 0 Å². The molecule has 0 radical (unpaired) electrons. The summed E-state index contributed by atoms with van der Waals surface area (Å²) in [5, 5.41) is 0. The van der Waals surface area contributed by atoms with Crippen molar-refractivity contribution in [2.45, 2.75) is 32.6 Å². The zero-order chi connectivity index (χ0) is 11.3. The fraction of sp³-hybridized carbons (Fsp3) is 0.750. The molecule has 0 heterocycles. The molecule has 0 unspecified atom stereocenters. The van der Waals surface area contributed by atoms with Gasteiger partial charge in [-0.3, -0.25) is 4.79 Å². The number of likely N-dealkylation sites (N-methyl/N-ethyl adjacent to an activating group) is 1. The van der Waals surface area contributed by atoms with Crippen LogP contribution in [0.15, 0.2) is 12.7 Å². The lowest BCUT2D eigenvalue weighted by Crippen LogP contribution is -2.43. The summed E-state index contributed by atoms with van der Waals surface area (Å²) in [6.07, 6.45) is 5.84. The minimum Gasteiger partial charge on any atom is -0.339 e. The summed E-state index contributed by atoms with van der Waals surface area (Å²) in [6, 6.07) is 0. The van der Waals surface area contributed by atoms with Crippen molar-refractivity contribution in [3.63, 3.8) is 0 Å². The van der Waals surface area contributed by atoms with E-state index in [1.54, 1.807) is 6.08 Å². The molecule has 1 fully saturated rings. The maximum atomic E-state index is 12.0. The van der Waals surface area contributed by atoms with E-state index in [0.717, 1.165) is 19.4 Å². The normalized spacial score (nSPS) is 18.0. The van der Waals surface area contributed by atoms with Gasteiger partial charge in [0.1, 0.15) is 0 Å². The number of rotatable bonds is 6. The van der Waals surface area contributed by atoms with Gasteiger partial charge in [0.25, 0.3) is 0 Å². The smallest absolute Gasteiger partial charge is 0.223 e. The summed E-state index contributed by atoms with van der Waals surface area (Å²) >= 11 is 0. The van der Waals surface area contributed by atoms with Gasteiger partial charge in [-0.15, -0.1) is 6.58 Å². The zero-order valence-corrected chi connectivity index (χ0v) is 9.67. The third-order valence-corrected chi connectivity index (χ3v) is 3.46. The minimum absolute atomic E-state index is 0.117. The van der Waals surface area contributed by atoms with Crippen molar-refractivity contribution in [2.24, 2.45) is 11.1 Å². The molecule has 1 aliphatic rings. The highest BCUT2D eigenvalue weighted by molar-refractivity contribution is 5.77. The van der Waals surface area contributed by atoms with Crippen molar-refractivity contribution in [1.82, 2.24) is 4.90 Å². The number of nitrogens with two attached hydrogens (primary N) is 1. The largest absolute Gasteiger partial charge is 0.339 e. The van der Waals surface area contributed by atoms with E-state index in [0.29, 0.717) is 19.5 Å². The highest BCUT2D eigenvalue weighted by Crippen LogP contribution is 2.43. The second-order valence-corrected chi connectivity index (χ2v) is 4.46. The lowest BCUT2D eigenvalue weighted by Gasteiger charge is -2.41. The lowest BCUT2D eigenvalue weighted by atomic mass is 9.66. The van der Waals surface area contributed by atoms with Crippen LogP contribution in [0.3, 0.4) is 0 Å². The first kappa shape index (κ1) is 12.2. The Bertz CT molecular complexity index is 228. The highest BCUT2D eigenvalue weighted by atomic mass is 16.2. The zero-order valence-electron chi connectivity index (χ0n) is 9.67. The molecule has 1 amide bonds. The molecular formula is C12H22N2O. The molecule has 2 N–H and O–H groups in total. The van der Waals surface area contributed by atoms with Crippen LogP contribution in [0.25, 0.3) is 0 Å². The molecule has 0 aliphatic heterocycles. The van der Waals surface area contributed by atoms with Crippen LogP contribution in [0.1, 0.15) is 32.6 Å². The molecule has 0 aromatic rings. The monoisotopic (exact) mass is 210 g/mol. The molecule has 3 heteroatoms. The van der Waals surface area contributed by atoms with Gasteiger partial charge in [0.15, 0.2) is 0 Å². The van der Waals surface area contributed by atoms with Crippen LogP contribution in [0.4, 0.5) is 0 Å². The van der Waals surface area contributed by atoms with Crippen LogP contribution in [-0.2, 0) is 4.79 Å². The third-order valence-electron chi connectivity index (χ3n) is 3.46. The summed E-state index contributed by atoms with van der Waals surface area (Å²) < 4.78 is 0. The standard InChI is InChI=1S/C12H22N2O/c1-3-8-14(4-2)11(15)9-12(10-13)6-5-7-12/h3H,1,4-10,13H2,2H3. The maximum Gasteiger partial charge on any atom is 0.223 e. The van der Waals surface area contributed by atoms with E-state index in [-0.39, 0.29) is 11.3 Å². The molecule has 1 rings (SSSR count). The van der Waals surface area contributed by atoms with E-state index in [1.165, 1.54) is 6.42 Å².